The summed E-state index contributed by atoms with van der Waals surface area (Å²) in [6.45, 7) is 4.41. The van der Waals surface area contributed by atoms with Gasteiger partial charge in [0.05, 0.1) is 12.4 Å². The van der Waals surface area contributed by atoms with Crippen molar-refractivity contribution in [2.45, 2.75) is 83.3 Å². The van der Waals surface area contributed by atoms with E-state index in [1.807, 2.05) is 0 Å². The van der Waals surface area contributed by atoms with Crippen molar-refractivity contribution < 1.29 is 26.9 Å². The van der Waals surface area contributed by atoms with Gasteiger partial charge in [0.2, 0.25) is 0 Å². The molecule has 1 aliphatic heterocycles. The number of rotatable bonds is 2. The molecule has 4 fully saturated rings. The van der Waals surface area contributed by atoms with E-state index in [1.54, 1.807) is 0 Å². The van der Waals surface area contributed by atoms with Crippen molar-refractivity contribution in [2.75, 3.05) is 6.26 Å². The number of carbonyl (C=O) groups excluding carboxylic acids is 2. The summed E-state index contributed by atoms with van der Waals surface area (Å²) in [5, 5.41) is 0. The van der Waals surface area contributed by atoms with E-state index >= 15 is 0 Å². The molecular weight excluding hydrogens is 404 g/mol. The molecule has 1 spiro atoms. The Labute approximate surface area is 178 Å². The molecule has 30 heavy (non-hydrogen) atoms. The second-order valence-electron chi connectivity index (χ2n) is 10.9. The predicted molar refractivity (Wildman–Crippen MR) is 110 cm³/mol. The molecule has 5 aliphatic rings. The summed E-state index contributed by atoms with van der Waals surface area (Å²) in [4.78, 5) is 24.2. The number of ketones is 1. The van der Waals surface area contributed by atoms with Crippen LogP contribution < -0.4 is 0 Å². The lowest BCUT2D eigenvalue weighted by atomic mass is 9.46. The van der Waals surface area contributed by atoms with Gasteiger partial charge in [-0.25, -0.2) is 0 Å². The van der Waals surface area contributed by atoms with Crippen LogP contribution in [0.3, 0.4) is 0 Å². The zero-order chi connectivity index (χ0) is 21.5. The molecule has 7 heteroatoms. The summed E-state index contributed by atoms with van der Waals surface area (Å²) in [7, 11) is -3.65. The van der Waals surface area contributed by atoms with Gasteiger partial charge in [0.15, 0.2) is 0 Å². The largest absolute Gasteiger partial charge is 0.458 e. The van der Waals surface area contributed by atoms with E-state index in [1.165, 1.54) is 5.57 Å². The van der Waals surface area contributed by atoms with Crippen molar-refractivity contribution in [3.63, 3.8) is 0 Å². The highest BCUT2D eigenvalue weighted by Crippen LogP contribution is 2.69. The van der Waals surface area contributed by atoms with Gasteiger partial charge in [-0.3, -0.25) is 13.8 Å². The maximum atomic E-state index is 12.3. The topological polar surface area (TPSA) is 86.7 Å². The fraction of sp³-hybridized carbons (Fsp3) is 0.826. The van der Waals surface area contributed by atoms with Crippen molar-refractivity contribution in [1.29, 1.82) is 0 Å². The number of carbonyl (C=O) groups is 2. The minimum Gasteiger partial charge on any atom is -0.458 e. The van der Waals surface area contributed by atoms with E-state index < -0.39 is 21.8 Å². The summed E-state index contributed by atoms with van der Waals surface area (Å²) in [6.07, 6.45) is 9.14. The Hall–Kier alpha value is -1.21. The minimum absolute atomic E-state index is 0.0608. The SMILES string of the molecule is CC12CCC(=O)CC1=CCC1C2[C@H](OS(C)(=O)=O)CC2(C)C1CC[C@@]21CCC(=O)O1. The average molecular weight is 437 g/mol. The molecular formula is C23H32O6S. The third-order valence-corrected chi connectivity index (χ3v) is 10.1. The molecule has 1 heterocycles. The van der Waals surface area contributed by atoms with Gasteiger partial charge in [-0.05, 0) is 61.7 Å². The Bertz CT molecular complexity index is 937. The van der Waals surface area contributed by atoms with Crippen LogP contribution in [0.15, 0.2) is 11.6 Å². The molecule has 6 nitrogen and oxygen atoms in total. The number of allylic oxidation sites excluding steroid dienone is 2. The molecule has 0 aromatic carbocycles. The summed E-state index contributed by atoms with van der Waals surface area (Å²) in [6, 6.07) is 0. The van der Waals surface area contributed by atoms with Crippen LogP contribution in [0.2, 0.25) is 0 Å². The van der Waals surface area contributed by atoms with Crippen LogP contribution in [0.4, 0.5) is 0 Å². The Balaban J connectivity index is 1.60. The van der Waals surface area contributed by atoms with E-state index in [0.29, 0.717) is 38.0 Å². The van der Waals surface area contributed by atoms with Gasteiger partial charge >= 0.3 is 5.97 Å². The summed E-state index contributed by atoms with van der Waals surface area (Å²) >= 11 is 0. The normalized spacial score (nSPS) is 48.0. The highest BCUT2D eigenvalue weighted by molar-refractivity contribution is 7.86. The molecule has 0 N–H and O–H groups in total. The third kappa shape index (κ3) is 2.80. The van der Waals surface area contributed by atoms with Crippen LogP contribution in [0.5, 0.6) is 0 Å². The Morgan fingerprint density at radius 2 is 1.90 bits per heavy atom. The van der Waals surface area contributed by atoms with Crippen LogP contribution >= 0.6 is 0 Å². The van der Waals surface area contributed by atoms with Crippen LogP contribution in [0.25, 0.3) is 0 Å². The van der Waals surface area contributed by atoms with Gasteiger partial charge in [-0.1, -0.05) is 25.5 Å². The molecule has 0 aromatic heterocycles. The quantitative estimate of drug-likeness (QED) is 0.374. The fourth-order valence-electron chi connectivity index (χ4n) is 8.17. The van der Waals surface area contributed by atoms with E-state index in [2.05, 4.69) is 19.9 Å². The molecule has 3 saturated carbocycles. The molecule has 1 saturated heterocycles. The van der Waals surface area contributed by atoms with Crippen molar-refractivity contribution in [1.82, 2.24) is 0 Å². The zero-order valence-electron chi connectivity index (χ0n) is 18.1. The fourth-order valence-corrected chi connectivity index (χ4v) is 8.80. The van der Waals surface area contributed by atoms with Gasteiger partial charge in [0, 0.05) is 24.7 Å². The zero-order valence-corrected chi connectivity index (χ0v) is 18.9. The Morgan fingerprint density at radius 3 is 2.57 bits per heavy atom. The number of ether oxygens (including phenoxy) is 1. The van der Waals surface area contributed by atoms with Crippen molar-refractivity contribution >= 4 is 21.9 Å². The van der Waals surface area contributed by atoms with Crippen LogP contribution in [-0.4, -0.2) is 38.1 Å². The van der Waals surface area contributed by atoms with Crippen molar-refractivity contribution in [3.05, 3.63) is 11.6 Å². The van der Waals surface area contributed by atoms with Gasteiger partial charge in [0.1, 0.15) is 11.4 Å². The number of esters is 1. The number of hydrogen-bond donors (Lipinski definition) is 0. The monoisotopic (exact) mass is 436 g/mol. The first kappa shape index (κ1) is 20.7. The smallest absolute Gasteiger partial charge is 0.306 e. The van der Waals surface area contributed by atoms with Gasteiger partial charge in [-0.15, -0.1) is 0 Å². The second kappa shape index (κ2) is 6.41. The average Bonchev–Trinajstić information content (AvgIpc) is 3.15. The summed E-state index contributed by atoms with van der Waals surface area (Å²) in [5.41, 5.74) is 0.176. The number of hydrogen-bond acceptors (Lipinski definition) is 6. The van der Waals surface area contributed by atoms with Crippen molar-refractivity contribution in [3.8, 4) is 0 Å². The molecule has 0 bridgehead atoms. The van der Waals surface area contributed by atoms with E-state index in [9.17, 15) is 18.0 Å². The lowest BCUT2D eigenvalue weighted by molar-refractivity contribution is -0.179. The standard InChI is InChI=1S/C23H32O6S/c1-21-9-6-15(24)12-14(21)4-5-16-17-7-10-23(11-8-19(25)28-23)22(17,2)13-18(20(16)21)29-30(3,26)27/h4,16-18,20H,5-13H2,1-3H3/t16?,17?,18-,20?,21?,22?,23-/m1/s1. The van der Waals surface area contributed by atoms with Crippen LogP contribution in [0.1, 0.15) is 71.6 Å². The molecule has 5 unspecified atom stereocenters. The third-order valence-electron chi connectivity index (χ3n) is 9.48. The van der Waals surface area contributed by atoms with Gasteiger partial charge in [-0.2, -0.15) is 8.42 Å². The van der Waals surface area contributed by atoms with Gasteiger partial charge < -0.3 is 4.74 Å². The highest BCUT2D eigenvalue weighted by Gasteiger charge is 2.69. The number of Topliss-reactive ketones (excluding diaryl/α,β-unsaturated/α-hetero) is 1. The lowest BCUT2D eigenvalue weighted by Gasteiger charge is -2.60. The molecule has 7 atom stereocenters. The highest BCUT2D eigenvalue weighted by atomic mass is 32.2. The van der Waals surface area contributed by atoms with Crippen LogP contribution in [0, 0.1) is 28.6 Å². The van der Waals surface area contributed by atoms with Crippen molar-refractivity contribution in [2.24, 2.45) is 28.6 Å². The van der Waals surface area contributed by atoms with Crippen LogP contribution in [-0.2, 0) is 28.6 Å². The first-order valence-electron chi connectivity index (χ1n) is 11.3. The molecule has 0 amide bonds. The van der Waals surface area contributed by atoms with E-state index in [0.717, 1.165) is 31.9 Å². The maximum absolute atomic E-state index is 12.3. The van der Waals surface area contributed by atoms with E-state index in [4.69, 9.17) is 8.92 Å². The summed E-state index contributed by atoms with van der Waals surface area (Å²) < 4.78 is 36.3. The first-order valence-corrected chi connectivity index (χ1v) is 13.1. The number of fused-ring (bicyclic) bond motifs is 6. The second-order valence-corrected chi connectivity index (χ2v) is 12.5. The van der Waals surface area contributed by atoms with E-state index in [-0.39, 0.29) is 34.4 Å². The first-order chi connectivity index (χ1) is 14.0. The minimum atomic E-state index is -3.65. The Kier molecular flexibility index (Phi) is 4.42. The summed E-state index contributed by atoms with van der Waals surface area (Å²) in [5.74, 6) is 0.834. The molecule has 0 aromatic rings. The molecule has 4 aliphatic carbocycles. The Morgan fingerprint density at radius 1 is 1.13 bits per heavy atom. The molecule has 0 radical (unpaired) electrons. The lowest BCUT2D eigenvalue weighted by Crippen LogP contribution is -2.60. The maximum Gasteiger partial charge on any atom is 0.306 e. The molecule has 166 valence electrons. The molecule has 5 rings (SSSR count). The van der Waals surface area contributed by atoms with Gasteiger partial charge in [0.25, 0.3) is 10.1 Å². The predicted octanol–water partition coefficient (Wildman–Crippen LogP) is 3.55.